The van der Waals surface area contributed by atoms with E-state index in [2.05, 4.69) is 6.92 Å². The van der Waals surface area contributed by atoms with Gasteiger partial charge in [0.05, 0.1) is 23.4 Å². The second-order valence-electron chi connectivity index (χ2n) is 9.81. The lowest BCUT2D eigenvalue weighted by Gasteiger charge is -2.25. The van der Waals surface area contributed by atoms with E-state index in [1.165, 1.54) is 4.90 Å². The van der Waals surface area contributed by atoms with Gasteiger partial charge in [0, 0.05) is 24.7 Å². The first-order chi connectivity index (χ1) is 16.3. The third-order valence-corrected chi connectivity index (χ3v) is 7.25. The summed E-state index contributed by atoms with van der Waals surface area (Å²) in [6.45, 7) is 4.32. The Hall–Kier alpha value is -3.48. The van der Waals surface area contributed by atoms with Gasteiger partial charge in [-0.05, 0) is 61.9 Å². The van der Waals surface area contributed by atoms with Gasteiger partial charge in [-0.25, -0.2) is 4.90 Å². The van der Waals surface area contributed by atoms with Crippen LogP contribution in [-0.4, -0.2) is 30.2 Å². The molecule has 2 aromatic carbocycles. The quantitative estimate of drug-likeness (QED) is 0.393. The van der Waals surface area contributed by atoms with Crippen LogP contribution in [0.5, 0.6) is 5.75 Å². The van der Waals surface area contributed by atoms with Crippen LogP contribution in [0.2, 0.25) is 0 Å². The number of nitrogens with zero attached hydrogens (tertiary/aromatic N) is 2. The minimum absolute atomic E-state index is 0.0805. The summed E-state index contributed by atoms with van der Waals surface area (Å²) < 4.78 is 5.59. The average molecular weight is 461 g/mol. The number of carbonyl (C=O) groups is 4. The molecule has 0 bridgehead atoms. The van der Waals surface area contributed by atoms with Crippen molar-refractivity contribution in [1.29, 1.82) is 0 Å². The fourth-order valence-electron chi connectivity index (χ4n) is 5.44. The highest BCUT2D eigenvalue weighted by molar-refractivity contribution is 6.22. The molecule has 2 aromatic rings. The monoisotopic (exact) mass is 460 g/mol. The van der Waals surface area contributed by atoms with Gasteiger partial charge >= 0.3 is 5.97 Å². The SMILES string of the molecule is Cc1cccc(N2C[C@H](C(=O)Oc3cccc(N4C(=O)[C@H]5CC[C@H](C)C[C@@H]5C4=O)c3)CC2=O)c1. The van der Waals surface area contributed by atoms with Crippen LogP contribution >= 0.6 is 0 Å². The van der Waals surface area contributed by atoms with Crippen molar-refractivity contribution in [2.45, 2.75) is 39.5 Å². The van der Waals surface area contributed by atoms with Crippen molar-refractivity contribution in [2.75, 3.05) is 16.3 Å². The lowest BCUT2D eigenvalue weighted by atomic mass is 9.76. The summed E-state index contributed by atoms with van der Waals surface area (Å²) in [4.78, 5) is 54.3. The smallest absolute Gasteiger partial charge is 0.316 e. The van der Waals surface area contributed by atoms with E-state index in [0.29, 0.717) is 11.6 Å². The Labute approximate surface area is 198 Å². The Morgan fingerprint density at radius 1 is 0.941 bits per heavy atom. The normalized spacial score (nSPS) is 26.7. The molecule has 7 nitrogen and oxygen atoms in total. The number of esters is 1. The Balaban J connectivity index is 1.29. The largest absolute Gasteiger partial charge is 0.426 e. The zero-order valence-electron chi connectivity index (χ0n) is 19.4. The molecule has 0 N–H and O–H groups in total. The van der Waals surface area contributed by atoms with Crippen molar-refractivity contribution in [1.82, 2.24) is 0 Å². The van der Waals surface area contributed by atoms with Crippen molar-refractivity contribution >= 4 is 35.1 Å². The van der Waals surface area contributed by atoms with Crippen molar-refractivity contribution in [3.63, 3.8) is 0 Å². The van der Waals surface area contributed by atoms with Gasteiger partial charge in [-0.15, -0.1) is 0 Å². The number of hydrogen-bond acceptors (Lipinski definition) is 5. The third kappa shape index (κ3) is 4.00. The molecular formula is C27H28N2O5. The Morgan fingerprint density at radius 2 is 1.68 bits per heavy atom. The Morgan fingerprint density at radius 3 is 2.47 bits per heavy atom. The molecule has 3 fully saturated rings. The number of fused-ring (bicyclic) bond motifs is 1. The van der Waals surface area contributed by atoms with Crippen molar-refractivity contribution in [3.8, 4) is 5.75 Å². The highest BCUT2D eigenvalue weighted by Crippen LogP contribution is 2.42. The molecule has 2 heterocycles. The van der Waals surface area contributed by atoms with Crippen LogP contribution < -0.4 is 14.5 Å². The molecule has 0 spiro atoms. The maximum Gasteiger partial charge on any atom is 0.316 e. The molecule has 1 aliphatic carbocycles. The first-order valence-corrected chi connectivity index (χ1v) is 11.9. The summed E-state index contributed by atoms with van der Waals surface area (Å²) in [6.07, 6.45) is 2.49. The van der Waals surface area contributed by atoms with Crippen molar-refractivity contribution in [2.24, 2.45) is 23.7 Å². The van der Waals surface area contributed by atoms with E-state index in [0.717, 1.165) is 30.5 Å². The minimum atomic E-state index is -0.587. The zero-order chi connectivity index (χ0) is 24.0. The van der Waals surface area contributed by atoms with Gasteiger partial charge in [0.2, 0.25) is 17.7 Å². The number of imide groups is 1. The van der Waals surface area contributed by atoms with E-state index in [1.54, 1.807) is 29.2 Å². The van der Waals surface area contributed by atoms with E-state index in [4.69, 9.17) is 4.74 Å². The molecule has 2 saturated heterocycles. The molecule has 7 heteroatoms. The first kappa shape index (κ1) is 22.3. The average Bonchev–Trinajstić information content (AvgIpc) is 3.31. The summed E-state index contributed by atoms with van der Waals surface area (Å²) in [5, 5.41) is 0. The summed E-state index contributed by atoms with van der Waals surface area (Å²) >= 11 is 0. The molecule has 5 rings (SSSR count). The highest BCUT2D eigenvalue weighted by atomic mass is 16.5. The number of rotatable bonds is 4. The summed E-state index contributed by atoms with van der Waals surface area (Å²) in [5.41, 5.74) is 2.23. The molecule has 4 atom stereocenters. The van der Waals surface area contributed by atoms with Crippen molar-refractivity contribution < 1.29 is 23.9 Å². The standard InChI is InChI=1S/C27H28N2O5/c1-16-5-3-6-19(11-16)28-15-18(13-24(28)30)27(33)34-21-8-4-7-20(14-21)29-25(31)22-10-9-17(2)12-23(22)26(29)32/h3-8,11,14,17-18,22-23H,9-10,12-13,15H2,1-2H3/t17-,18+,22-,23-/m0/s1. The third-order valence-electron chi connectivity index (χ3n) is 7.25. The number of anilines is 2. The molecule has 3 amide bonds. The Bertz CT molecular complexity index is 1180. The van der Waals surface area contributed by atoms with E-state index >= 15 is 0 Å². The van der Waals surface area contributed by atoms with Gasteiger partial charge in [0.25, 0.3) is 0 Å². The lowest BCUT2D eigenvalue weighted by molar-refractivity contribution is -0.139. The minimum Gasteiger partial charge on any atom is -0.426 e. The van der Waals surface area contributed by atoms with Crippen molar-refractivity contribution in [3.05, 3.63) is 54.1 Å². The maximum absolute atomic E-state index is 13.0. The molecular weight excluding hydrogens is 432 g/mol. The van der Waals surface area contributed by atoms with Crippen LogP contribution in [0.15, 0.2) is 48.5 Å². The van der Waals surface area contributed by atoms with Crippen LogP contribution in [0.25, 0.3) is 0 Å². The highest BCUT2D eigenvalue weighted by Gasteiger charge is 2.50. The van der Waals surface area contributed by atoms with E-state index in [-0.39, 0.29) is 48.3 Å². The number of ether oxygens (including phenoxy) is 1. The van der Waals surface area contributed by atoms with Gasteiger partial charge < -0.3 is 9.64 Å². The fourth-order valence-corrected chi connectivity index (χ4v) is 5.44. The lowest BCUT2D eigenvalue weighted by Crippen LogP contribution is -2.31. The summed E-state index contributed by atoms with van der Waals surface area (Å²) in [5.74, 6) is -1.37. The molecule has 1 saturated carbocycles. The molecule has 0 unspecified atom stereocenters. The molecule has 3 aliphatic rings. The first-order valence-electron chi connectivity index (χ1n) is 11.9. The molecule has 0 aromatic heterocycles. The maximum atomic E-state index is 13.0. The predicted molar refractivity (Wildman–Crippen MR) is 126 cm³/mol. The molecule has 2 aliphatic heterocycles. The number of amides is 3. The van der Waals surface area contributed by atoms with Crippen LogP contribution in [-0.2, 0) is 19.2 Å². The van der Waals surface area contributed by atoms with Gasteiger partial charge in [-0.1, -0.05) is 25.1 Å². The van der Waals surface area contributed by atoms with Crippen LogP contribution in [0.4, 0.5) is 11.4 Å². The van der Waals surface area contributed by atoms with Crippen LogP contribution in [0, 0.1) is 30.6 Å². The van der Waals surface area contributed by atoms with Gasteiger partial charge in [-0.2, -0.15) is 0 Å². The molecule has 176 valence electrons. The van der Waals surface area contributed by atoms with E-state index < -0.39 is 11.9 Å². The van der Waals surface area contributed by atoms with Gasteiger partial charge in [0.15, 0.2) is 0 Å². The predicted octanol–water partition coefficient (Wildman–Crippen LogP) is 3.88. The van der Waals surface area contributed by atoms with E-state index in [9.17, 15) is 19.2 Å². The van der Waals surface area contributed by atoms with Gasteiger partial charge in [-0.3, -0.25) is 19.2 Å². The number of benzene rings is 2. The fraction of sp³-hybridized carbons (Fsp3) is 0.407. The molecule has 0 radical (unpaired) electrons. The Kier molecular flexibility index (Phi) is 5.71. The summed E-state index contributed by atoms with van der Waals surface area (Å²) in [6, 6.07) is 14.1. The number of aryl methyl sites for hydroxylation is 1. The zero-order valence-corrected chi connectivity index (χ0v) is 19.4. The second-order valence-corrected chi connectivity index (χ2v) is 9.81. The van der Waals surface area contributed by atoms with Crippen LogP contribution in [0.1, 0.15) is 38.2 Å². The second kappa shape index (κ2) is 8.70. The number of carbonyl (C=O) groups excluding carboxylic acids is 4. The topological polar surface area (TPSA) is 84.0 Å². The number of hydrogen-bond donors (Lipinski definition) is 0. The van der Waals surface area contributed by atoms with Crippen LogP contribution in [0.3, 0.4) is 0 Å². The molecule has 34 heavy (non-hydrogen) atoms. The van der Waals surface area contributed by atoms with Gasteiger partial charge in [0.1, 0.15) is 5.75 Å². The summed E-state index contributed by atoms with van der Waals surface area (Å²) in [7, 11) is 0. The van der Waals surface area contributed by atoms with E-state index in [1.807, 2.05) is 31.2 Å².